The van der Waals surface area contributed by atoms with Gasteiger partial charge in [0.25, 0.3) is 0 Å². The van der Waals surface area contributed by atoms with Gasteiger partial charge in [-0.3, -0.25) is 0 Å². The van der Waals surface area contributed by atoms with Crippen LogP contribution in [-0.2, 0) is 13.0 Å². The second-order valence-corrected chi connectivity index (χ2v) is 4.10. The SMILES string of the molecule is CCCC1CCc2cnc(C)n2C1. The van der Waals surface area contributed by atoms with E-state index in [-0.39, 0.29) is 0 Å². The molecule has 0 bridgehead atoms. The first kappa shape index (κ1) is 8.79. The van der Waals surface area contributed by atoms with Crippen LogP contribution in [0.1, 0.15) is 37.7 Å². The van der Waals surface area contributed by atoms with Crippen LogP contribution in [0.5, 0.6) is 0 Å². The average Bonchev–Trinajstić information content (AvgIpc) is 2.49. The minimum Gasteiger partial charge on any atom is -0.332 e. The van der Waals surface area contributed by atoms with Gasteiger partial charge in [0.2, 0.25) is 0 Å². The maximum absolute atomic E-state index is 4.36. The first-order chi connectivity index (χ1) is 6.31. The summed E-state index contributed by atoms with van der Waals surface area (Å²) in [6, 6.07) is 0. The van der Waals surface area contributed by atoms with Crippen LogP contribution in [-0.4, -0.2) is 9.55 Å². The van der Waals surface area contributed by atoms with E-state index in [0.717, 1.165) is 5.92 Å². The van der Waals surface area contributed by atoms with Crippen molar-refractivity contribution in [3.63, 3.8) is 0 Å². The molecule has 0 radical (unpaired) electrons. The van der Waals surface area contributed by atoms with Crippen LogP contribution in [0.4, 0.5) is 0 Å². The Morgan fingerprint density at radius 2 is 2.46 bits per heavy atom. The first-order valence-electron chi connectivity index (χ1n) is 5.32. The molecule has 0 saturated carbocycles. The molecule has 1 aromatic heterocycles. The monoisotopic (exact) mass is 178 g/mol. The fourth-order valence-corrected chi connectivity index (χ4v) is 2.31. The van der Waals surface area contributed by atoms with E-state index in [1.54, 1.807) is 0 Å². The summed E-state index contributed by atoms with van der Waals surface area (Å²) in [5, 5.41) is 0. The molecule has 13 heavy (non-hydrogen) atoms. The van der Waals surface area contributed by atoms with Crippen LogP contribution in [0.2, 0.25) is 0 Å². The third-order valence-electron chi connectivity index (χ3n) is 3.08. The van der Waals surface area contributed by atoms with Gasteiger partial charge in [0.1, 0.15) is 5.82 Å². The molecule has 0 fully saturated rings. The zero-order valence-electron chi connectivity index (χ0n) is 8.58. The highest BCUT2D eigenvalue weighted by molar-refractivity contribution is 5.07. The molecule has 1 aliphatic heterocycles. The molecule has 2 nitrogen and oxygen atoms in total. The van der Waals surface area contributed by atoms with Crippen molar-refractivity contribution in [1.29, 1.82) is 0 Å². The number of aromatic nitrogens is 2. The van der Waals surface area contributed by atoms with Crippen LogP contribution in [0.15, 0.2) is 6.20 Å². The normalized spacial score (nSPS) is 21.5. The lowest BCUT2D eigenvalue weighted by Crippen LogP contribution is -2.20. The Balaban J connectivity index is 2.13. The highest BCUT2D eigenvalue weighted by atomic mass is 15.1. The van der Waals surface area contributed by atoms with Gasteiger partial charge >= 0.3 is 0 Å². The lowest BCUT2D eigenvalue weighted by atomic mass is 9.94. The third kappa shape index (κ3) is 1.62. The van der Waals surface area contributed by atoms with E-state index >= 15 is 0 Å². The van der Waals surface area contributed by atoms with Gasteiger partial charge < -0.3 is 4.57 Å². The second-order valence-electron chi connectivity index (χ2n) is 4.10. The summed E-state index contributed by atoms with van der Waals surface area (Å²) < 4.78 is 2.39. The summed E-state index contributed by atoms with van der Waals surface area (Å²) in [6.45, 7) is 5.59. The Bertz CT molecular complexity index is 288. The van der Waals surface area contributed by atoms with Crippen LogP contribution in [0.3, 0.4) is 0 Å². The number of rotatable bonds is 2. The van der Waals surface area contributed by atoms with Gasteiger partial charge in [-0.1, -0.05) is 13.3 Å². The fourth-order valence-electron chi connectivity index (χ4n) is 2.31. The van der Waals surface area contributed by atoms with E-state index in [9.17, 15) is 0 Å². The lowest BCUT2D eigenvalue weighted by Gasteiger charge is -2.24. The Kier molecular flexibility index (Phi) is 2.38. The zero-order chi connectivity index (χ0) is 9.26. The molecule has 0 aromatic carbocycles. The molecule has 2 heteroatoms. The Hall–Kier alpha value is -0.790. The van der Waals surface area contributed by atoms with Crippen LogP contribution >= 0.6 is 0 Å². The standard InChI is InChI=1S/C11H18N2/c1-3-4-10-5-6-11-7-12-9(2)13(11)8-10/h7,10H,3-6,8H2,1-2H3. The quantitative estimate of drug-likeness (QED) is 0.680. The number of nitrogens with zero attached hydrogens (tertiary/aromatic N) is 2. The Morgan fingerprint density at radius 1 is 1.62 bits per heavy atom. The molecular weight excluding hydrogens is 160 g/mol. The maximum Gasteiger partial charge on any atom is 0.105 e. The van der Waals surface area contributed by atoms with E-state index in [2.05, 4.69) is 23.4 Å². The second kappa shape index (κ2) is 3.52. The smallest absolute Gasteiger partial charge is 0.105 e. The molecule has 0 spiro atoms. The van der Waals surface area contributed by atoms with E-state index in [0.29, 0.717) is 0 Å². The molecule has 72 valence electrons. The zero-order valence-corrected chi connectivity index (χ0v) is 8.58. The van der Waals surface area contributed by atoms with E-state index < -0.39 is 0 Å². The van der Waals surface area contributed by atoms with Gasteiger partial charge in [-0.15, -0.1) is 0 Å². The van der Waals surface area contributed by atoms with Crippen molar-refractivity contribution in [2.24, 2.45) is 5.92 Å². The van der Waals surface area contributed by atoms with E-state index in [1.807, 2.05) is 6.20 Å². The van der Waals surface area contributed by atoms with Gasteiger partial charge in [-0.25, -0.2) is 4.98 Å². The van der Waals surface area contributed by atoms with Crippen LogP contribution in [0, 0.1) is 12.8 Å². The van der Waals surface area contributed by atoms with Gasteiger partial charge in [0.15, 0.2) is 0 Å². The molecule has 0 amide bonds. The van der Waals surface area contributed by atoms with Crippen LogP contribution in [0.25, 0.3) is 0 Å². The topological polar surface area (TPSA) is 17.8 Å². The minimum atomic E-state index is 0.894. The van der Waals surface area contributed by atoms with Crippen molar-refractivity contribution in [3.05, 3.63) is 17.7 Å². The van der Waals surface area contributed by atoms with Crippen molar-refractivity contribution in [2.75, 3.05) is 0 Å². The van der Waals surface area contributed by atoms with Crippen molar-refractivity contribution in [1.82, 2.24) is 9.55 Å². The number of hydrogen-bond acceptors (Lipinski definition) is 1. The number of aryl methyl sites for hydroxylation is 2. The largest absolute Gasteiger partial charge is 0.332 e. The van der Waals surface area contributed by atoms with Crippen molar-refractivity contribution in [2.45, 2.75) is 46.1 Å². The molecule has 1 unspecified atom stereocenters. The van der Waals surface area contributed by atoms with Gasteiger partial charge in [0, 0.05) is 18.4 Å². The molecule has 1 atom stereocenters. The van der Waals surface area contributed by atoms with Crippen LogP contribution < -0.4 is 0 Å². The number of imidazole rings is 1. The Morgan fingerprint density at radius 3 is 3.23 bits per heavy atom. The molecule has 0 saturated heterocycles. The summed E-state index contributed by atoms with van der Waals surface area (Å²) in [5.41, 5.74) is 1.44. The minimum absolute atomic E-state index is 0.894. The van der Waals surface area contributed by atoms with E-state index in [1.165, 1.54) is 43.7 Å². The van der Waals surface area contributed by atoms with Gasteiger partial charge in [-0.05, 0) is 32.1 Å². The Labute approximate surface area is 80.0 Å². The molecular formula is C11H18N2. The fraction of sp³-hybridized carbons (Fsp3) is 0.727. The molecule has 0 N–H and O–H groups in total. The lowest BCUT2D eigenvalue weighted by molar-refractivity contribution is 0.342. The van der Waals surface area contributed by atoms with Gasteiger partial charge in [0.05, 0.1) is 0 Å². The number of fused-ring (bicyclic) bond motifs is 1. The van der Waals surface area contributed by atoms with Crippen molar-refractivity contribution in [3.8, 4) is 0 Å². The van der Waals surface area contributed by atoms with Crippen molar-refractivity contribution < 1.29 is 0 Å². The summed E-state index contributed by atoms with van der Waals surface area (Å²) in [4.78, 5) is 4.36. The molecule has 2 rings (SSSR count). The maximum atomic E-state index is 4.36. The highest BCUT2D eigenvalue weighted by Gasteiger charge is 2.18. The van der Waals surface area contributed by atoms with E-state index in [4.69, 9.17) is 0 Å². The predicted molar refractivity (Wildman–Crippen MR) is 53.7 cm³/mol. The number of hydrogen-bond donors (Lipinski definition) is 0. The average molecular weight is 178 g/mol. The van der Waals surface area contributed by atoms with Gasteiger partial charge in [-0.2, -0.15) is 0 Å². The molecule has 1 aromatic rings. The summed E-state index contributed by atoms with van der Waals surface area (Å²) in [5.74, 6) is 2.08. The highest BCUT2D eigenvalue weighted by Crippen LogP contribution is 2.24. The summed E-state index contributed by atoms with van der Waals surface area (Å²) >= 11 is 0. The molecule has 0 aliphatic carbocycles. The first-order valence-corrected chi connectivity index (χ1v) is 5.32. The third-order valence-corrected chi connectivity index (χ3v) is 3.08. The summed E-state index contributed by atoms with van der Waals surface area (Å²) in [6.07, 6.45) is 7.31. The van der Waals surface area contributed by atoms with Crippen molar-refractivity contribution >= 4 is 0 Å². The predicted octanol–water partition coefficient (Wildman–Crippen LogP) is 2.55. The molecule has 2 heterocycles. The molecule has 1 aliphatic rings. The summed E-state index contributed by atoms with van der Waals surface area (Å²) in [7, 11) is 0.